The van der Waals surface area contributed by atoms with E-state index in [-0.39, 0.29) is 0 Å². The molecule has 0 bridgehead atoms. The van der Waals surface area contributed by atoms with Gasteiger partial charge in [0, 0.05) is 3.42 Å². The van der Waals surface area contributed by atoms with Gasteiger partial charge in [-0.05, 0) is 18.8 Å². The highest BCUT2D eigenvalue weighted by molar-refractivity contribution is 14.1. The van der Waals surface area contributed by atoms with Crippen molar-refractivity contribution in [2.75, 3.05) is 0 Å². The van der Waals surface area contributed by atoms with E-state index >= 15 is 0 Å². The Kier molecular flexibility index (Phi) is 1.85. The van der Waals surface area contributed by atoms with Crippen LogP contribution in [-0.2, 0) is 0 Å². The first-order chi connectivity index (χ1) is 3.63. The molecule has 1 aliphatic rings. The quantitative estimate of drug-likeness (QED) is 0.438. The maximum atomic E-state index is 2.59. The van der Waals surface area contributed by atoms with E-state index in [1.165, 1.54) is 19.3 Å². The van der Waals surface area contributed by atoms with Crippen molar-refractivity contribution in [2.45, 2.75) is 36.5 Å². The van der Waals surface area contributed by atoms with Crippen molar-refractivity contribution in [1.82, 2.24) is 0 Å². The first kappa shape index (κ1) is 6.84. The largest absolute Gasteiger partial charge is 0.0789 e. The van der Waals surface area contributed by atoms with Gasteiger partial charge in [-0.15, -0.1) is 0 Å². The van der Waals surface area contributed by atoms with Crippen molar-refractivity contribution in [2.24, 2.45) is 5.92 Å². The minimum absolute atomic E-state index is 0.623. The summed E-state index contributed by atoms with van der Waals surface area (Å²) < 4.78 is 0.623. The van der Waals surface area contributed by atoms with Gasteiger partial charge < -0.3 is 0 Å². The molecule has 0 N–H and O–H groups in total. The molecule has 0 aromatic carbocycles. The predicted octanol–water partition coefficient (Wildman–Crippen LogP) is 3.00. The molecule has 0 nitrogen and oxygen atoms in total. The van der Waals surface area contributed by atoms with E-state index in [1.54, 1.807) is 0 Å². The summed E-state index contributed by atoms with van der Waals surface area (Å²) in [5, 5.41) is 0. The van der Waals surface area contributed by atoms with Crippen molar-refractivity contribution in [3.63, 3.8) is 0 Å². The summed E-state index contributed by atoms with van der Waals surface area (Å²) in [6.45, 7) is 4.73. The standard InChI is InChI=1S/C7H13I/c1-6-4-3-5-7(6,2)8/h6H,3-5H2,1-2H3. The van der Waals surface area contributed by atoms with Crippen LogP contribution >= 0.6 is 22.6 Å². The van der Waals surface area contributed by atoms with Crippen LogP contribution in [0.4, 0.5) is 0 Å². The molecule has 1 aliphatic carbocycles. The van der Waals surface area contributed by atoms with Crippen LogP contribution in [0, 0.1) is 5.92 Å². The minimum Gasteiger partial charge on any atom is -0.0789 e. The highest BCUT2D eigenvalue weighted by atomic mass is 127. The Morgan fingerprint density at radius 1 is 1.62 bits per heavy atom. The van der Waals surface area contributed by atoms with E-state index < -0.39 is 0 Å². The van der Waals surface area contributed by atoms with Gasteiger partial charge in [-0.1, -0.05) is 42.9 Å². The van der Waals surface area contributed by atoms with Gasteiger partial charge in [0.05, 0.1) is 0 Å². The number of halogens is 1. The molecule has 1 rings (SSSR count). The maximum absolute atomic E-state index is 2.59. The number of alkyl halides is 1. The van der Waals surface area contributed by atoms with Crippen molar-refractivity contribution < 1.29 is 0 Å². The molecule has 8 heavy (non-hydrogen) atoms. The zero-order valence-corrected chi connectivity index (χ0v) is 7.73. The summed E-state index contributed by atoms with van der Waals surface area (Å²) in [6, 6.07) is 0. The number of hydrogen-bond acceptors (Lipinski definition) is 0. The zero-order valence-electron chi connectivity index (χ0n) is 5.58. The first-order valence-corrected chi connectivity index (χ1v) is 4.40. The van der Waals surface area contributed by atoms with Crippen LogP contribution in [0.3, 0.4) is 0 Å². The van der Waals surface area contributed by atoms with Gasteiger partial charge in [-0.25, -0.2) is 0 Å². The third-order valence-corrected chi connectivity index (χ3v) is 3.93. The number of rotatable bonds is 0. The summed E-state index contributed by atoms with van der Waals surface area (Å²) in [4.78, 5) is 0. The molecule has 0 aromatic rings. The monoisotopic (exact) mass is 224 g/mol. The average Bonchev–Trinajstić information content (AvgIpc) is 1.86. The summed E-state index contributed by atoms with van der Waals surface area (Å²) in [7, 11) is 0. The second-order valence-electron chi connectivity index (χ2n) is 3.07. The molecule has 0 aliphatic heterocycles. The van der Waals surface area contributed by atoms with Crippen molar-refractivity contribution in [3.8, 4) is 0 Å². The smallest absolute Gasteiger partial charge is 0.0219 e. The SMILES string of the molecule is CC1CCCC1(C)I. The van der Waals surface area contributed by atoms with Gasteiger partial charge >= 0.3 is 0 Å². The van der Waals surface area contributed by atoms with E-state index in [2.05, 4.69) is 36.4 Å². The lowest BCUT2D eigenvalue weighted by atomic mass is 10.0. The molecule has 48 valence electrons. The normalized spacial score (nSPS) is 47.6. The van der Waals surface area contributed by atoms with E-state index in [0.717, 1.165) is 5.92 Å². The maximum Gasteiger partial charge on any atom is 0.0219 e. The van der Waals surface area contributed by atoms with Crippen molar-refractivity contribution in [3.05, 3.63) is 0 Å². The molecular formula is C7H13I. The van der Waals surface area contributed by atoms with Gasteiger partial charge in [0.2, 0.25) is 0 Å². The van der Waals surface area contributed by atoms with Crippen molar-refractivity contribution >= 4 is 22.6 Å². The molecule has 1 fully saturated rings. The lowest BCUT2D eigenvalue weighted by Gasteiger charge is -2.20. The van der Waals surface area contributed by atoms with E-state index in [4.69, 9.17) is 0 Å². The molecule has 2 unspecified atom stereocenters. The van der Waals surface area contributed by atoms with Crippen molar-refractivity contribution in [1.29, 1.82) is 0 Å². The van der Waals surface area contributed by atoms with Crippen LogP contribution in [0.2, 0.25) is 0 Å². The zero-order chi connectivity index (χ0) is 6.20. The highest BCUT2D eigenvalue weighted by Crippen LogP contribution is 2.41. The third-order valence-electron chi connectivity index (χ3n) is 2.33. The topological polar surface area (TPSA) is 0 Å². The highest BCUT2D eigenvalue weighted by Gasteiger charge is 2.32. The Balaban J connectivity index is 2.54. The molecule has 0 spiro atoms. The molecule has 1 heteroatoms. The first-order valence-electron chi connectivity index (χ1n) is 3.32. The van der Waals surface area contributed by atoms with Gasteiger partial charge in [0.15, 0.2) is 0 Å². The van der Waals surface area contributed by atoms with Crippen LogP contribution in [0.1, 0.15) is 33.1 Å². The van der Waals surface area contributed by atoms with Crippen LogP contribution in [0.5, 0.6) is 0 Å². The second kappa shape index (κ2) is 2.16. The fourth-order valence-electron chi connectivity index (χ4n) is 1.30. The number of hydrogen-bond donors (Lipinski definition) is 0. The van der Waals surface area contributed by atoms with Gasteiger partial charge in [0.25, 0.3) is 0 Å². The molecule has 2 atom stereocenters. The lowest BCUT2D eigenvalue weighted by molar-refractivity contribution is 0.526. The molecule has 0 heterocycles. The van der Waals surface area contributed by atoms with Crippen LogP contribution in [-0.4, -0.2) is 3.42 Å². The Morgan fingerprint density at radius 3 is 2.38 bits per heavy atom. The van der Waals surface area contributed by atoms with Gasteiger partial charge in [-0.3, -0.25) is 0 Å². The molecule has 0 aromatic heterocycles. The van der Waals surface area contributed by atoms with E-state index in [1.807, 2.05) is 0 Å². The molecule has 0 amide bonds. The predicted molar refractivity (Wildman–Crippen MR) is 45.4 cm³/mol. The summed E-state index contributed by atoms with van der Waals surface area (Å²) in [6.07, 6.45) is 4.31. The van der Waals surface area contributed by atoms with Gasteiger partial charge in [0.1, 0.15) is 0 Å². The lowest BCUT2D eigenvalue weighted by Crippen LogP contribution is -2.17. The molecular weight excluding hydrogens is 211 g/mol. The Morgan fingerprint density at radius 2 is 2.25 bits per heavy atom. The van der Waals surface area contributed by atoms with Gasteiger partial charge in [-0.2, -0.15) is 0 Å². The summed E-state index contributed by atoms with van der Waals surface area (Å²) in [5.74, 6) is 0.947. The molecule has 0 saturated heterocycles. The Hall–Kier alpha value is 0.730. The average molecular weight is 224 g/mol. The molecule has 1 saturated carbocycles. The van der Waals surface area contributed by atoms with E-state index in [0.29, 0.717) is 3.42 Å². The Labute approximate surface area is 65.2 Å². The Bertz CT molecular complexity index is 86.4. The minimum atomic E-state index is 0.623. The third kappa shape index (κ3) is 1.17. The summed E-state index contributed by atoms with van der Waals surface area (Å²) in [5.41, 5.74) is 0. The van der Waals surface area contributed by atoms with Crippen LogP contribution in [0.25, 0.3) is 0 Å². The fourth-order valence-corrected chi connectivity index (χ4v) is 1.99. The molecule has 0 radical (unpaired) electrons. The second-order valence-corrected chi connectivity index (χ2v) is 5.54. The van der Waals surface area contributed by atoms with Crippen LogP contribution < -0.4 is 0 Å². The van der Waals surface area contributed by atoms with E-state index in [9.17, 15) is 0 Å². The summed E-state index contributed by atoms with van der Waals surface area (Å²) >= 11 is 2.59. The fraction of sp³-hybridized carbons (Fsp3) is 1.00. The van der Waals surface area contributed by atoms with Crippen LogP contribution in [0.15, 0.2) is 0 Å².